The Hall–Kier alpha value is -2.97. The van der Waals surface area contributed by atoms with Crippen molar-refractivity contribution in [1.29, 1.82) is 0 Å². The minimum Gasteiger partial charge on any atom is -0.495 e. The highest BCUT2D eigenvalue weighted by atomic mass is 32.2. The second-order valence-electron chi connectivity index (χ2n) is 8.25. The molecule has 33 heavy (non-hydrogen) atoms. The van der Waals surface area contributed by atoms with Gasteiger partial charge in [-0.05, 0) is 68.9 Å². The summed E-state index contributed by atoms with van der Waals surface area (Å²) in [6.07, 6.45) is 3.43. The summed E-state index contributed by atoms with van der Waals surface area (Å²) in [6.45, 7) is 4.14. The van der Waals surface area contributed by atoms with Gasteiger partial charge in [-0.3, -0.25) is 4.79 Å². The van der Waals surface area contributed by atoms with Gasteiger partial charge in [0.25, 0.3) is 5.56 Å². The van der Waals surface area contributed by atoms with E-state index in [9.17, 15) is 13.2 Å². The van der Waals surface area contributed by atoms with Crippen LogP contribution in [-0.2, 0) is 29.4 Å². The van der Waals surface area contributed by atoms with Crippen LogP contribution in [0.4, 0.5) is 0 Å². The van der Waals surface area contributed by atoms with Gasteiger partial charge in [0.15, 0.2) is 0 Å². The molecule has 0 fully saturated rings. The lowest BCUT2D eigenvalue weighted by Gasteiger charge is -2.21. The summed E-state index contributed by atoms with van der Waals surface area (Å²) in [5.41, 5.74) is 3.86. The fourth-order valence-electron chi connectivity index (χ4n) is 4.37. The zero-order valence-corrected chi connectivity index (χ0v) is 20.0. The molecule has 8 heteroatoms. The molecule has 1 aliphatic carbocycles. The minimum absolute atomic E-state index is 0.0457. The topological polar surface area (TPSA) is 90.3 Å². The average Bonchev–Trinajstić information content (AvgIpc) is 2.84. The molecule has 7 nitrogen and oxygen atoms in total. The lowest BCUT2D eigenvalue weighted by Crippen LogP contribution is -2.30. The highest BCUT2D eigenvalue weighted by Crippen LogP contribution is 2.33. The largest absolute Gasteiger partial charge is 0.495 e. The molecule has 0 aliphatic heterocycles. The predicted molar refractivity (Wildman–Crippen MR) is 128 cm³/mol. The number of fused-ring (bicyclic) bond motifs is 1. The first-order chi connectivity index (χ1) is 15.9. The normalized spacial score (nSPS) is 14.5. The monoisotopic (exact) mass is 467 g/mol. The number of nitrogens with one attached hydrogen (secondary N) is 1. The zero-order valence-electron chi connectivity index (χ0n) is 19.2. The lowest BCUT2D eigenvalue weighted by atomic mass is 9.90. The van der Waals surface area contributed by atoms with E-state index in [1.165, 1.54) is 11.8 Å². The number of aromatic nitrogens is 2. The summed E-state index contributed by atoms with van der Waals surface area (Å²) in [5.74, 6) is 0.254. The van der Waals surface area contributed by atoms with Gasteiger partial charge in [0.1, 0.15) is 10.6 Å². The Kier molecular flexibility index (Phi) is 6.67. The van der Waals surface area contributed by atoms with Gasteiger partial charge in [-0.15, -0.1) is 0 Å². The smallest absolute Gasteiger partial charge is 0.270 e. The van der Waals surface area contributed by atoms with E-state index >= 15 is 0 Å². The second kappa shape index (κ2) is 9.49. The Labute approximate surface area is 194 Å². The number of aryl methyl sites for hydroxylation is 1. The number of methoxy groups -OCH3 is 1. The molecule has 0 saturated carbocycles. The van der Waals surface area contributed by atoms with Crippen LogP contribution >= 0.6 is 0 Å². The van der Waals surface area contributed by atoms with E-state index in [2.05, 4.69) is 9.82 Å². The first kappa shape index (κ1) is 23.2. The number of ether oxygens (including phenoxy) is 1. The molecule has 0 saturated heterocycles. The first-order valence-electron chi connectivity index (χ1n) is 11.2. The van der Waals surface area contributed by atoms with E-state index in [-0.39, 0.29) is 16.2 Å². The van der Waals surface area contributed by atoms with Crippen LogP contribution in [0.1, 0.15) is 49.4 Å². The molecule has 1 N–H and O–H groups in total. The molecule has 0 unspecified atom stereocenters. The maximum atomic E-state index is 13.4. The van der Waals surface area contributed by atoms with E-state index in [1.54, 1.807) is 25.1 Å². The summed E-state index contributed by atoms with van der Waals surface area (Å²) >= 11 is 0. The van der Waals surface area contributed by atoms with Crippen LogP contribution in [0.25, 0.3) is 11.3 Å². The van der Waals surface area contributed by atoms with Crippen molar-refractivity contribution in [2.75, 3.05) is 7.11 Å². The van der Waals surface area contributed by atoms with Crippen LogP contribution < -0.4 is 15.0 Å². The van der Waals surface area contributed by atoms with Crippen LogP contribution in [0.5, 0.6) is 5.75 Å². The molecule has 0 radical (unpaired) electrons. The third-order valence-corrected chi connectivity index (χ3v) is 7.69. The number of sulfonamides is 1. The van der Waals surface area contributed by atoms with Gasteiger partial charge < -0.3 is 4.74 Å². The summed E-state index contributed by atoms with van der Waals surface area (Å²) in [4.78, 5) is 12.8. The number of rotatable bonds is 7. The molecule has 1 aromatic heterocycles. The molecule has 0 bridgehead atoms. The molecule has 174 valence electrons. The van der Waals surface area contributed by atoms with E-state index < -0.39 is 16.1 Å². The van der Waals surface area contributed by atoms with Crippen molar-refractivity contribution in [1.82, 2.24) is 14.5 Å². The van der Waals surface area contributed by atoms with Crippen molar-refractivity contribution in [3.63, 3.8) is 0 Å². The molecule has 0 amide bonds. The maximum Gasteiger partial charge on any atom is 0.270 e. The summed E-state index contributed by atoms with van der Waals surface area (Å²) in [6, 6.07) is 14.0. The van der Waals surface area contributed by atoms with Gasteiger partial charge in [-0.1, -0.05) is 30.3 Å². The standard InChI is InChI=1S/C25H29N3O4S/c1-4-28-25(29)21-13-9-8-12-20(21)24(26-28)19-14-15-22(32-3)23(16-19)33(30,31)27-17(2)18-10-6-5-7-11-18/h5-7,10-11,14-17,27H,4,8-9,12-13H2,1-3H3/t17-/m1/s1. The number of hydrogen-bond acceptors (Lipinski definition) is 5. The third kappa shape index (κ3) is 4.58. The van der Waals surface area contributed by atoms with Gasteiger partial charge in [0.05, 0.1) is 12.8 Å². The Morgan fingerprint density at radius 3 is 2.45 bits per heavy atom. The fraction of sp³-hybridized carbons (Fsp3) is 0.360. The van der Waals surface area contributed by atoms with Crippen LogP contribution in [0, 0.1) is 0 Å². The van der Waals surface area contributed by atoms with Gasteiger partial charge in [0.2, 0.25) is 10.0 Å². The molecule has 0 spiro atoms. The Bertz CT molecular complexity index is 1320. The summed E-state index contributed by atoms with van der Waals surface area (Å²) in [5, 5.41) is 4.61. The predicted octanol–water partition coefficient (Wildman–Crippen LogP) is 3.86. The zero-order chi connectivity index (χ0) is 23.6. The van der Waals surface area contributed by atoms with E-state index in [0.717, 1.165) is 42.4 Å². The van der Waals surface area contributed by atoms with Crippen LogP contribution in [0.15, 0.2) is 58.2 Å². The van der Waals surface area contributed by atoms with Crippen LogP contribution in [-0.4, -0.2) is 25.3 Å². The van der Waals surface area contributed by atoms with Gasteiger partial charge in [0, 0.05) is 23.7 Å². The fourth-order valence-corrected chi connectivity index (χ4v) is 5.80. The molecular weight excluding hydrogens is 438 g/mol. The van der Waals surface area contributed by atoms with Crippen molar-refractivity contribution in [2.24, 2.45) is 0 Å². The SMILES string of the molecule is CCn1nc(-c2ccc(OC)c(S(=O)(=O)N[C@H](C)c3ccccc3)c2)c2c(c1=O)CCCC2. The van der Waals surface area contributed by atoms with Crippen molar-refractivity contribution >= 4 is 10.0 Å². The summed E-state index contributed by atoms with van der Waals surface area (Å²) < 4.78 is 36.4. The van der Waals surface area contributed by atoms with Gasteiger partial charge in [-0.2, -0.15) is 5.10 Å². The second-order valence-corrected chi connectivity index (χ2v) is 9.94. The van der Waals surface area contributed by atoms with E-state index in [1.807, 2.05) is 37.3 Å². The molecule has 4 rings (SSSR count). The number of hydrogen-bond donors (Lipinski definition) is 1. The van der Waals surface area contributed by atoms with E-state index in [4.69, 9.17) is 4.74 Å². The Morgan fingerprint density at radius 2 is 1.79 bits per heavy atom. The molecule has 1 heterocycles. The van der Waals surface area contributed by atoms with Crippen molar-refractivity contribution < 1.29 is 13.2 Å². The third-order valence-electron chi connectivity index (χ3n) is 6.12. The molecule has 2 aromatic carbocycles. The highest BCUT2D eigenvalue weighted by molar-refractivity contribution is 7.89. The average molecular weight is 468 g/mol. The van der Waals surface area contributed by atoms with E-state index in [0.29, 0.717) is 17.8 Å². The first-order valence-corrected chi connectivity index (χ1v) is 12.7. The molecule has 3 aromatic rings. The number of benzene rings is 2. The van der Waals surface area contributed by atoms with Crippen molar-refractivity contribution in [3.05, 3.63) is 75.6 Å². The quantitative estimate of drug-likeness (QED) is 0.570. The van der Waals surface area contributed by atoms with Crippen LogP contribution in [0.2, 0.25) is 0 Å². The number of nitrogens with zero attached hydrogens (tertiary/aromatic N) is 2. The highest BCUT2D eigenvalue weighted by Gasteiger charge is 2.26. The van der Waals surface area contributed by atoms with Crippen molar-refractivity contribution in [2.45, 2.75) is 57.0 Å². The lowest BCUT2D eigenvalue weighted by molar-refractivity contribution is 0.402. The Morgan fingerprint density at radius 1 is 1.09 bits per heavy atom. The van der Waals surface area contributed by atoms with Crippen molar-refractivity contribution in [3.8, 4) is 17.0 Å². The maximum absolute atomic E-state index is 13.4. The molecular formula is C25H29N3O4S. The molecule has 1 aliphatic rings. The minimum atomic E-state index is -3.90. The van der Waals surface area contributed by atoms with Gasteiger partial charge >= 0.3 is 0 Å². The van der Waals surface area contributed by atoms with Crippen LogP contribution in [0.3, 0.4) is 0 Å². The molecule has 1 atom stereocenters. The summed E-state index contributed by atoms with van der Waals surface area (Å²) in [7, 11) is -2.45. The Balaban J connectivity index is 1.81. The van der Waals surface area contributed by atoms with Gasteiger partial charge in [-0.25, -0.2) is 17.8 Å².